The Morgan fingerprint density at radius 1 is 1.28 bits per heavy atom. The minimum absolute atomic E-state index is 0.471. The van der Waals surface area contributed by atoms with Gasteiger partial charge in [0.2, 0.25) is 0 Å². The summed E-state index contributed by atoms with van der Waals surface area (Å²) in [7, 11) is 1.91. The zero-order valence-electron chi connectivity index (χ0n) is 15.1. The predicted octanol–water partition coefficient (Wildman–Crippen LogP) is 2.03. The molecule has 4 fully saturated rings. The number of fused-ring (bicyclic) bond motifs is 2. The number of aromatic nitrogens is 2. The molecule has 0 amide bonds. The Labute approximate surface area is 149 Å². The molecule has 0 radical (unpaired) electrons. The second-order valence-corrected chi connectivity index (χ2v) is 8.22. The molecule has 2 aliphatic carbocycles. The highest BCUT2D eigenvalue weighted by atomic mass is 16.5. The van der Waals surface area contributed by atoms with Crippen molar-refractivity contribution < 1.29 is 4.74 Å². The molecule has 136 valence electrons. The third kappa shape index (κ3) is 2.37. The van der Waals surface area contributed by atoms with Gasteiger partial charge in [-0.05, 0) is 32.1 Å². The summed E-state index contributed by atoms with van der Waals surface area (Å²) in [6.07, 6.45) is 10.1. The van der Waals surface area contributed by atoms with Crippen LogP contribution in [0, 0.1) is 11.3 Å². The minimum Gasteiger partial charge on any atom is -0.377 e. The van der Waals surface area contributed by atoms with E-state index in [1.165, 1.54) is 38.5 Å². The molecule has 4 aliphatic rings. The van der Waals surface area contributed by atoms with Crippen LogP contribution in [-0.2, 0) is 4.74 Å². The lowest BCUT2D eigenvalue weighted by Gasteiger charge is -2.63. The van der Waals surface area contributed by atoms with Crippen LogP contribution < -0.4 is 15.5 Å². The first-order valence-electron chi connectivity index (χ1n) is 9.93. The van der Waals surface area contributed by atoms with Gasteiger partial charge in [-0.25, -0.2) is 9.97 Å². The second kappa shape index (κ2) is 6.09. The molecule has 0 bridgehead atoms. The standard InChI is InChI=1S/C19H29N5O/c1-20-15-10-16(23-12-22-15)24-8-2-4-13(24)11-21-17-14-5-9-25-18(14)19(17)6-3-7-19/h10,12-14,17-18,21H,2-9,11H2,1H3,(H,20,22,23)/t13-,14-,17+,18-/m1/s1. The van der Waals surface area contributed by atoms with E-state index < -0.39 is 0 Å². The zero-order valence-corrected chi connectivity index (χ0v) is 15.1. The van der Waals surface area contributed by atoms with E-state index >= 15 is 0 Å². The first-order valence-corrected chi connectivity index (χ1v) is 9.93. The summed E-state index contributed by atoms with van der Waals surface area (Å²) in [5, 5.41) is 7.09. The largest absolute Gasteiger partial charge is 0.377 e. The highest BCUT2D eigenvalue weighted by molar-refractivity contribution is 5.49. The Balaban J connectivity index is 1.26. The number of anilines is 2. The molecule has 1 aromatic heterocycles. The molecule has 2 saturated heterocycles. The maximum absolute atomic E-state index is 6.05. The molecular formula is C19H29N5O. The van der Waals surface area contributed by atoms with Crippen LogP contribution in [-0.4, -0.2) is 54.9 Å². The fraction of sp³-hybridized carbons (Fsp3) is 0.789. The number of hydrogen-bond donors (Lipinski definition) is 2. The summed E-state index contributed by atoms with van der Waals surface area (Å²) in [4.78, 5) is 11.2. The molecule has 5 rings (SSSR count). The lowest BCUT2D eigenvalue weighted by Crippen LogP contribution is -2.71. The van der Waals surface area contributed by atoms with E-state index in [1.807, 2.05) is 7.05 Å². The monoisotopic (exact) mass is 343 g/mol. The maximum atomic E-state index is 6.05. The Morgan fingerprint density at radius 2 is 2.20 bits per heavy atom. The molecule has 25 heavy (non-hydrogen) atoms. The van der Waals surface area contributed by atoms with E-state index in [9.17, 15) is 0 Å². The average molecular weight is 343 g/mol. The minimum atomic E-state index is 0.471. The van der Waals surface area contributed by atoms with Gasteiger partial charge in [0.15, 0.2) is 0 Å². The first-order chi connectivity index (χ1) is 12.3. The van der Waals surface area contributed by atoms with E-state index in [0.29, 0.717) is 23.6 Å². The van der Waals surface area contributed by atoms with Crippen molar-refractivity contribution in [1.82, 2.24) is 15.3 Å². The molecule has 2 N–H and O–H groups in total. The smallest absolute Gasteiger partial charge is 0.134 e. The van der Waals surface area contributed by atoms with E-state index in [4.69, 9.17) is 4.74 Å². The van der Waals surface area contributed by atoms with Crippen LogP contribution in [0.15, 0.2) is 12.4 Å². The Hall–Kier alpha value is -1.40. The summed E-state index contributed by atoms with van der Waals surface area (Å²) in [6, 6.07) is 3.28. The van der Waals surface area contributed by atoms with Gasteiger partial charge in [0.05, 0.1) is 6.10 Å². The maximum Gasteiger partial charge on any atom is 0.134 e. The van der Waals surface area contributed by atoms with Gasteiger partial charge in [-0.2, -0.15) is 0 Å². The molecule has 1 aromatic rings. The van der Waals surface area contributed by atoms with Crippen LogP contribution in [0.4, 0.5) is 11.6 Å². The summed E-state index contributed by atoms with van der Waals surface area (Å²) >= 11 is 0. The quantitative estimate of drug-likeness (QED) is 0.853. The summed E-state index contributed by atoms with van der Waals surface area (Å²) in [5.41, 5.74) is 0.471. The van der Waals surface area contributed by atoms with Crippen molar-refractivity contribution in [2.75, 3.05) is 37.0 Å². The lowest BCUT2D eigenvalue weighted by atomic mass is 9.46. The van der Waals surface area contributed by atoms with E-state index in [0.717, 1.165) is 37.3 Å². The molecule has 3 heterocycles. The molecule has 1 spiro atoms. The second-order valence-electron chi connectivity index (χ2n) is 8.22. The lowest BCUT2D eigenvalue weighted by molar-refractivity contribution is -0.176. The number of ether oxygens (including phenoxy) is 1. The molecule has 0 aromatic carbocycles. The Kier molecular flexibility index (Phi) is 3.86. The van der Waals surface area contributed by atoms with Crippen LogP contribution >= 0.6 is 0 Å². The number of nitrogens with one attached hydrogen (secondary N) is 2. The van der Waals surface area contributed by atoms with E-state index in [1.54, 1.807) is 6.33 Å². The topological polar surface area (TPSA) is 62.3 Å². The van der Waals surface area contributed by atoms with Gasteiger partial charge in [-0.15, -0.1) is 0 Å². The van der Waals surface area contributed by atoms with Crippen LogP contribution in [0.2, 0.25) is 0 Å². The number of nitrogens with zero attached hydrogens (tertiary/aromatic N) is 3. The summed E-state index contributed by atoms with van der Waals surface area (Å²) in [5.74, 6) is 2.70. The van der Waals surface area contributed by atoms with Crippen molar-refractivity contribution in [3.8, 4) is 0 Å². The third-order valence-corrected chi connectivity index (χ3v) is 7.19. The Morgan fingerprint density at radius 3 is 3.00 bits per heavy atom. The van der Waals surface area contributed by atoms with Crippen molar-refractivity contribution in [2.24, 2.45) is 11.3 Å². The van der Waals surface area contributed by atoms with Crippen molar-refractivity contribution >= 4 is 11.6 Å². The van der Waals surface area contributed by atoms with Gasteiger partial charge in [-0.1, -0.05) is 6.42 Å². The van der Waals surface area contributed by atoms with Gasteiger partial charge in [-0.3, -0.25) is 0 Å². The average Bonchev–Trinajstić information content (AvgIpc) is 3.22. The highest BCUT2D eigenvalue weighted by Crippen LogP contribution is 2.62. The van der Waals surface area contributed by atoms with Crippen molar-refractivity contribution in [3.05, 3.63) is 12.4 Å². The van der Waals surface area contributed by atoms with Crippen molar-refractivity contribution in [2.45, 2.75) is 56.7 Å². The van der Waals surface area contributed by atoms with Gasteiger partial charge in [0.25, 0.3) is 0 Å². The van der Waals surface area contributed by atoms with Crippen LogP contribution in [0.3, 0.4) is 0 Å². The van der Waals surface area contributed by atoms with Crippen LogP contribution in [0.25, 0.3) is 0 Å². The van der Waals surface area contributed by atoms with Gasteiger partial charge >= 0.3 is 0 Å². The van der Waals surface area contributed by atoms with Crippen LogP contribution in [0.5, 0.6) is 0 Å². The predicted molar refractivity (Wildman–Crippen MR) is 97.9 cm³/mol. The molecule has 4 atom stereocenters. The first kappa shape index (κ1) is 15.8. The summed E-state index contributed by atoms with van der Waals surface area (Å²) in [6.45, 7) is 3.13. The van der Waals surface area contributed by atoms with Gasteiger partial charge < -0.3 is 20.3 Å². The van der Waals surface area contributed by atoms with Crippen molar-refractivity contribution in [1.29, 1.82) is 0 Å². The zero-order chi connectivity index (χ0) is 16.9. The van der Waals surface area contributed by atoms with Gasteiger partial charge in [0, 0.05) is 56.2 Å². The SMILES string of the molecule is CNc1cc(N2CCC[C@@H]2CN[C@H]2[C@H]3CCO[C@H]3C23CCC3)ncn1. The number of hydrogen-bond acceptors (Lipinski definition) is 6. The number of rotatable bonds is 5. The highest BCUT2D eigenvalue weighted by Gasteiger charge is 2.66. The Bertz CT molecular complexity index is 634. The molecular weight excluding hydrogens is 314 g/mol. The normalized spacial score (nSPS) is 35.3. The third-order valence-electron chi connectivity index (χ3n) is 7.19. The fourth-order valence-corrected chi connectivity index (χ4v) is 5.81. The van der Waals surface area contributed by atoms with E-state index in [2.05, 4.69) is 31.6 Å². The van der Waals surface area contributed by atoms with Crippen molar-refractivity contribution in [3.63, 3.8) is 0 Å². The molecule has 2 aliphatic heterocycles. The molecule has 2 saturated carbocycles. The van der Waals surface area contributed by atoms with Gasteiger partial charge in [0.1, 0.15) is 18.0 Å². The molecule has 0 unspecified atom stereocenters. The van der Waals surface area contributed by atoms with Crippen LogP contribution in [0.1, 0.15) is 38.5 Å². The van der Waals surface area contributed by atoms with E-state index in [-0.39, 0.29) is 0 Å². The fourth-order valence-electron chi connectivity index (χ4n) is 5.81. The molecule has 6 nitrogen and oxygen atoms in total. The summed E-state index contributed by atoms with van der Waals surface area (Å²) < 4.78 is 6.05. The molecule has 6 heteroatoms.